The number of rotatable bonds is 9. The van der Waals surface area contributed by atoms with Crippen LogP contribution in [0.1, 0.15) is 65.7 Å². The molecule has 0 bridgehead atoms. The minimum atomic E-state index is 0.562. The Morgan fingerprint density at radius 2 is 1.80 bits per heavy atom. The van der Waals surface area contributed by atoms with E-state index in [1.54, 1.807) is 0 Å². The summed E-state index contributed by atoms with van der Waals surface area (Å²) in [7, 11) is 0. The summed E-state index contributed by atoms with van der Waals surface area (Å²) in [5.74, 6) is 0.562. The average Bonchev–Trinajstić information content (AvgIpc) is 2.25. The van der Waals surface area contributed by atoms with Crippen molar-refractivity contribution in [2.24, 2.45) is 5.92 Å². The third-order valence-electron chi connectivity index (χ3n) is 2.73. The first-order chi connectivity index (χ1) is 7.24. The van der Waals surface area contributed by atoms with Crippen molar-refractivity contribution in [3.63, 3.8) is 0 Å². The van der Waals surface area contributed by atoms with Gasteiger partial charge >= 0.3 is 0 Å². The van der Waals surface area contributed by atoms with Crippen LogP contribution in [0.2, 0.25) is 0 Å². The minimum absolute atomic E-state index is 0.562. The zero-order valence-electron chi connectivity index (χ0n) is 10.6. The van der Waals surface area contributed by atoms with Crippen molar-refractivity contribution in [1.29, 1.82) is 0 Å². The molecule has 0 aliphatic carbocycles. The summed E-state index contributed by atoms with van der Waals surface area (Å²) in [6.07, 6.45) is 11.5. The molecular formula is C14H26O. The predicted octanol–water partition coefficient (Wildman–Crippen LogP) is 4.52. The number of hydrogen-bond acceptors (Lipinski definition) is 1. The summed E-state index contributed by atoms with van der Waals surface area (Å²) in [5, 5.41) is 0. The van der Waals surface area contributed by atoms with Crippen molar-refractivity contribution in [3.05, 3.63) is 11.6 Å². The maximum Gasteiger partial charge on any atom is 0.145 e. The number of hydrogen-bond donors (Lipinski definition) is 0. The van der Waals surface area contributed by atoms with Crippen LogP contribution < -0.4 is 0 Å². The maximum absolute atomic E-state index is 10.8. The molecule has 0 rings (SSSR count). The summed E-state index contributed by atoms with van der Waals surface area (Å²) in [5.41, 5.74) is 1.01. The zero-order valence-corrected chi connectivity index (χ0v) is 10.6. The molecule has 1 nitrogen and oxygen atoms in total. The van der Waals surface area contributed by atoms with Crippen LogP contribution in [-0.4, -0.2) is 6.29 Å². The second kappa shape index (κ2) is 9.95. The Bertz CT molecular complexity index is 182. The van der Waals surface area contributed by atoms with E-state index in [-0.39, 0.29) is 0 Å². The van der Waals surface area contributed by atoms with Crippen LogP contribution in [0.5, 0.6) is 0 Å². The highest BCUT2D eigenvalue weighted by molar-refractivity contribution is 5.73. The molecular weight excluding hydrogens is 184 g/mol. The molecule has 0 aromatic rings. The predicted molar refractivity (Wildman–Crippen MR) is 67.0 cm³/mol. The smallest absolute Gasteiger partial charge is 0.145 e. The standard InChI is InChI=1S/C14H26O/c1-4-6-8-10-14(12-15)11-13(3)9-7-5-2/h11-13H,4-10H2,1-3H3. The van der Waals surface area contributed by atoms with Crippen molar-refractivity contribution < 1.29 is 4.79 Å². The van der Waals surface area contributed by atoms with Crippen LogP contribution in [0.25, 0.3) is 0 Å². The van der Waals surface area contributed by atoms with Gasteiger partial charge in [0, 0.05) is 0 Å². The summed E-state index contributed by atoms with van der Waals surface area (Å²) in [6.45, 7) is 6.60. The lowest BCUT2D eigenvalue weighted by molar-refractivity contribution is -0.105. The fourth-order valence-electron chi connectivity index (χ4n) is 1.74. The van der Waals surface area contributed by atoms with Gasteiger partial charge in [0.1, 0.15) is 6.29 Å². The van der Waals surface area contributed by atoms with Crippen molar-refractivity contribution >= 4 is 6.29 Å². The van der Waals surface area contributed by atoms with Crippen LogP contribution >= 0.6 is 0 Å². The van der Waals surface area contributed by atoms with Crippen LogP contribution in [0.3, 0.4) is 0 Å². The molecule has 0 aromatic heterocycles. The molecule has 0 fully saturated rings. The van der Waals surface area contributed by atoms with Crippen molar-refractivity contribution in [3.8, 4) is 0 Å². The van der Waals surface area contributed by atoms with Crippen LogP contribution in [0.15, 0.2) is 11.6 Å². The summed E-state index contributed by atoms with van der Waals surface area (Å²) in [6, 6.07) is 0. The summed E-state index contributed by atoms with van der Waals surface area (Å²) >= 11 is 0. The van der Waals surface area contributed by atoms with Gasteiger partial charge in [-0.1, -0.05) is 52.5 Å². The van der Waals surface area contributed by atoms with E-state index in [9.17, 15) is 4.79 Å². The van der Waals surface area contributed by atoms with E-state index in [0.717, 1.165) is 24.7 Å². The van der Waals surface area contributed by atoms with Gasteiger partial charge in [-0.15, -0.1) is 0 Å². The van der Waals surface area contributed by atoms with E-state index in [2.05, 4.69) is 26.8 Å². The minimum Gasteiger partial charge on any atom is -0.298 e. The van der Waals surface area contributed by atoms with Gasteiger partial charge in [-0.3, -0.25) is 4.79 Å². The first-order valence-corrected chi connectivity index (χ1v) is 6.40. The summed E-state index contributed by atoms with van der Waals surface area (Å²) in [4.78, 5) is 10.8. The Hall–Kier alpha value is -0.590. The van der Waals surface area contributed by atoms with Gasteiger partial charge < -0.3 is 0 Å². The Morgan fingerprint density at radius 3 is 2.33 bits per heavy atom. The van der Waals surface area contributed by atoms with E-state index in [4.69, 9.17) is 0 Å². The molecule has 0 saturated carbocycles. The molecule has 1 unspecified atom stereocenters. The number of unbranched alkanes of at least 4 members (excludes halogenated alkanes) is 3. The molecule has 88 valence electrons. The molecule has 0 spiro atoms. The molecule has 0 heterocycles. The first kappa shape index (κ1) is 14.4. The zero-order chi connectivity index (χ0) is 11.5. The highest BCUT2D eigenvalue weighted by atomic mass is 16.1. The van der Waals surface area contributed by atoms with Crippen molar-refractivity contribution in [2.45, 2.75) is 65.7 Å². The van der Waals surface area contributed by atoms with Crippen molar-refractivity contribution in [1.82, 2.24) is 0 Å². The number of allylic oxidation sites excluding steroid dienone is 2. The second-order valence-corrected chi connectivity index (χ2v) is 4.44. The molecule has 1 heteroatoms. The van der Waals surface area contributed by atoms with Crippen LogP contribution in [-0.2, 0) is 4.79 Å². The Balaban J connectivity index is 3.90. The normalized spacial score (nSPS) is 13.9. The summed E-state index contributed by atoms with van der Waals surface area (Å²) < 4.78 is 0. The van der Waals surface area contributed by atoms with E-state index in [1.807, 2.05) is 0 Å². The number of carbonyl (C=O) groups is 1. The van der Waals surface area contributed by atoms with Gasteiger partial charge in [-0.2, -0.15) is 0 Å². The van der Waals surface area contributed by atoms with E-state index in [0.29, 0.717) is 5.92 Å². The maximum atomic E-state index is 10.8. The highest BCUT2D eigenvalue weighted by Gasteiger charge is 2.01. The Labute approximate surface area is 95.0 Å². The molecule has 0 amide bonds. The SMILES string of the molecule is CCCCCC(C=O)=CC(C)CCCC. The largest absolute Gasteiger partial charge is 0.298 e. The fraction of sp³-hybridized carbons (Fsp3) is 0.786. The van der Waals surface area contributed by atoms with E-state index < -0.39 is 0 Å². The number of carbonyl (C=O) groups excluding carboxylic acids is 1. The van der Waals surface area contributed by atoms with Gasteiger partial charge in [0.15, 0.2) is 0 Å². The Kier molecular flexibility index (Phi) is 9.55. The monoisotopic (exact) mass is 210 g/mol. The molecule has 0 aliphatic rings. The third-order valence-corrected chi connectivity index (χ3v) is 2.73. The van der Waals surface area contributed by atoms with E-state index >= 15 is 0 Å². The average molecular weight is 210 g/mol. The molecule has 0 radical (unpaired) electrons. The highest BCUT2D eigenvalue weighted by Crippen LogP contribution is 2.14. The number of aldehydes is 1. The molecule has 1 atom stereocenters. The van der Waals surface area contributed by atoms with Gasteiger partial charge in [0.25, 0.3) is 0 Å². The van der Waals surface area contributed by atoms with E-state index in [1.165, 1.54) is 32.1 Å². The first-order valence-electron chi connectivity index (χ1n) is 6.40. The molecule has 0 aromatic carbocycles. The lowest BCUT2D eigenvalue weighted by Crippen LogP contribution is -1.94. The van der Waals surface area contributed by atoms with Gasteiger partial charge in [-0.05, 0) is 30.8 Å². The molecule has 0 saturated heterocycles. The lowest BCUT2D eigenvalue weighted by Gasteiger charge is -2.06. The van der Waals surface area contributed by atoms with Crippen LogP contribution in [0.4, 0.5) is 0 Å². The molecule has 15 heavy (non-hydrogen) atoms. The van der Waals surface area contributed by atoms with Gasteiger partial charge in [0.2, 0.25) is 0 Å². The topological polar surface area (TPSA) is 17.1 Å². The van der Waals surface area contributed by atoms with Crippen molar-refractivity contribution in [2.75, 3.05) is 0 Å². The second-order valence-electron chi connectivity index (χ2n) is 4.44. The molecule has 0 aliphatic heterocycles. The Morgan fingerprint density at radius 1 is 1.13 bits per heavy atom. The molecule has 0 N–H and O–H groups in total. The lowest BCUT2D eigenvalue weighted by atomic mass is 9.99. The van der Waals surface area contributed by atoms with Gasteiger partial charge in [0.05, 0.1) is 0 Å². The third kappa shape index (κ3) is 8.41. The quantitative estimate of drug-likeness (QED) is 0.311. The van der Waals surface area contributed by atoms with Gasteiger partial charge in [-0.25, -0.2) is 0 Å². The van der Waals surface area contributed by atoms with Crippen LogP contribution in [0, 0.1) is 5.92 Å². The fourth-order valence-corrected chi connectivity index (χ4v) is 1.74.